The largest absolute Gasteiger partial charge is 0.354 e. The molecule has 1 N–H and O–H groups in total. The number of aryl methyl sites for hydroxylation is 1. The van der Waals surface area contributed by atoms with Crippen LogP contribution < -0.4 is 5.32 Å². The summed E-state index contributed by atoms with van der Waals surface area (Å²) in [6.45, 7) is 2.22. The maximum Gasteiger partial charge on any atom is 0.251 e. The van der Waals surface area contributed by atoms with E-state index in [0.717, 1.165) is 12.1 Å². The Morgan fingerprint density at radius 1 is 1.44 bits per heavy atom. The Morgan fingerprint density at radius 3 is 2.67 bits per heavy atom. The first-order chi connectivity index (χ1) is 8.60. The molecule has 0 fully saturated rings. The standard InChI is InChI=1S/C12H17ClN2O3/c1-4-9-5-8(6-10(13)15-9)12(16)14-7-11(17-2)18-3/h5-6,11H,4,7H2,1-3H3,(H,14,16). The molecule has 100 valence electrons. The topological polar surface area (TPSA) is 60.5 Å². The molecule has 0 unspecified atom stereocenters. The van der Waals surface area contributed by atoms with Crippen molar-refractivity contribution in [1.29, 1.82) is 0 Å². The summed E-state index contributed by atoms with van der Waals surface area (Å²) in [5.74, 6) is -0.229. The summed E-state index contributed by atoms with van der Waals surface area (Å²) in [5, 5.41) is 3.02. The summed E-state index contributed by atoms with van der Waals surface area (Å²) in [5.41, 5.74) is 1.26. The molecule has 0 aromatic carbocycles. The number of ether oxygens (including phenoxy) is 2. The predicted octanol–water partition coefficient (Wildman–Crippen LogP) is 1.65. The number of carbonyl (C=O) groups is 1. The Hall–Kier alpha value is -1.17. The van der Waals surface area contributed by atoms with Crippen molar-refractivity contribution in [2.45, 2.75) is 19.6 Å². The number of nitrogens with zero attached hydrogens (tertiary/aromatic N) is 1. The maximum atomic E-state index is 11.9. The van der Waals surface area contributed by atoms with Crippen LogP contribution >= 0.6 is 11.6 Å². The molecule has 5 nitrogen and oxygen atoms in total. The fourth-order valence-electron chi connectivity index (χ4n) is 1.40. The molecule has 0 atom stereocenters. The van der Waals surface area contributed by atoms with Gasteiger partial charge in [-0.3, -0.25) is 4.79 Å². The summed E-state index contributed by atoms with van der Waals surface area (Å²) < 4.78 is 9.96. The molecule has 6 heteroatoms. The Morgan fingerprint density at radius 2 is 2.11 bits per heavy atom. The Labute approximate surface area is 111 Å². The summed E-state index contributed by atoms with van der Waals surface area (Å²) in [6, 6.07) is 3.25. The Balaban J connectivity index is 2.69. The van der Waals surface area contributed by atoms with Crippen LogP contribution in [0.3, 0.4) is 0 Å². The van der Waals surface area contributed by atoms with Crippen LogP contribution in [0.5, 0.6) is 0 Å². The van der Waals surface area contributed by atoms with Crippen molar-refractivity contribution in [2.24, 2.45) is 0 Å². The molecule has 0 aliphatic heterocycles. The van der Waals surface area contributed by atoms with Crippen molar-refractivity contribution in [2.75, 3.05) is 20.8 Å². The molecule has 0 saturated carbocycles. The maximum absolute atomic E-state index is 11.9. The van der Waals surface area contributed by atoms with Crippen LogP contribution in [0.1, 0.15) is 23.0 Å². The molecule has 0 bridgehead atoms. The lowest BCUT2D eigenvalue weighted by molar-refractivity contribution is -0.0974. The van der Waals surface area contributed by atoms with Crippen molar-refractivity contribution >= 4 is 17.5 Å². The second-order valence-corrected chi connectivity index (χ2v) is 4.02. The van der Waals surface area contributed by atoms with Gasteiger partial charge in [-0.25, -0.2) is 4.98 Å². The van der Waals surface area contributed by atoms with Gasteiger partial charge in [-0.15, -0.1) is 0 Å². The first-order valence-electron chi connectivity index (χ1n) is 5.61. The van der Waals surface area contributed by atoms with E-state index >= 15 is 0 Å². The predicted molar refractivity (Wildman–Crippen MR) is 68.8 cm³/mol. The highest BCUT2D eigenvalue weighted by molar-refractivity contribution is 6.29. The Kier molecular flexibility index (Phi) is 6.04. The Bertz CT molecular complexity index is 408. The van der Waals surface area contributed by atoms with Gasteiger partial charge in [0.15, 0.2) is 6.29 Å². The summed E-state index contributed by atoms with van der Waals surface area (Å²) in [7, 11) is 3.03. The van der Waals surface area contributed by atoms with Crippen LogP contribution in [0.25, 0.3) is 0 Å². The van der Waals surface area contributed by atoms with Crippen LogP contribution in [-0.4, -0.2) is 37.9 Å². The monoisotopic (exact) mass is 272 g/mol. The molecular weight excluding hydrogens is 256 g/mol. The van der Waals surface area contributed by atoms with E-state index in [0.29, 0.717) is 10.7 Å². The number of amides is 1. The van der Waals surface area contributed by atoms with Gasteiger partial charge in [0.1, 0.15) is 5.15 Å². The molecular formula is C12H17ClN2O3. The third-order valence-electron chi connectivity index (χ3n) is 2.43. The van der Waals surface area contributed by atoms with Gasteiger partial charge in [-0.2, -0.15) is 0 Å². The number of pyridine rings is 1. The summed E-state index contributed by atoms with van der Waals surface area (Å²) >= 11 is 5.85. The van der Waals surface area contributed by atoms with Gasteiger partial charge in [-0.05, 0) is 18.6 Å². The number of aromatic nitrogens is 1. The molecule has 1 aromatic rings. The molecule has 1 amide bonds. The van der Waals surface area contributed by atoms with Crippen molar-refractivity contribution < 1.29 is 14.3 Å². The lowest BCUT2D eigenvalue weighted by Gasteiger charge is -2.14. The number of halogens is 1. The number of nitrogens with one attached hydrogen (secondary N) is 1. The average Bonchev–Trinajstić information content (AvgIpc) is 2.38. The van der Waals surface area contributed by atoms with E-state index in [1.165, 1.54) is 20.3 Å². The summed E-state index contributed by atoms with van der Waals surface area (Å²) in [6.07, 6.45) is 0.261. The number of hydrogen-bond donors (Lipinski definition) is 1. The number of hydrogen-bond acceptors (Lipinski definition) is 4. The zero-order valence-corrected chi connectivity index (χ0v) is 11.5. The van der Waals surface area contributed by atoms with E-state index in [-0.39, 0.29) is 12.5 Å². The van der Waals surface area contributed by atoms with E-state index in [1.807, 2.05) is 6.92 Å². The van der Waals surface area contributed by atoms with Gasteiger partial charge in [0.2, 0.25) is 0 Å². The highest BCUT2D eigenvalue weighted by atomic mass is 35.5. The van der Waals surface area contributed by atoms with Gasteiger partial charge in [0.05, 0.1) is 6.54 Å². The van der Waals surface area contributed by atoms with E-state index in [4.69, 9.17) is 21.1 Å². The quantitative estimate of drug-likeness (QED) is 0.632. The molecule has 1 heterocycles. The van der Waals surface area contributed by atoms with Crippen molar-refractivity contribution in [3.63, 3.8) is 0 Å². The zero-order valence-electron chi connectivity index (χ0n) is 10.7. The molecule has 0 aliphatic carbocycles. The number of carbonyl (C=O) groups excluding carboxylic acids is 1. The first-order valence-corrected chi connectivity index (χ1v) is 5.98. The number of rotatable bonds is 6. The molecule has 0 spiro atoms. The van der Waals surface area contributed by atoms with E-state index < -0.39 is 6.29 Å². The molecule has 0 radical (unpaired) electrons. The molecule has 1 aromatic heterocycles. The SMILES string of the molecule is CCc1cc(C(=O)NCC(OC)OC)cc(Cl)n1. The van der Waals surface area contributed by atoms with Crippen molar-refractivity contribution in [3.05, 3.63) is 28.5 Å². The highest BCUT2D eigenvalue weighted by Gasteiger charge is 2.11. The molecule has 0 saturated heterocycles. The molecule has 1 rings (SSSR count). The van der Waals surface area contributed by atoms with E-state index in [2.05, 4.69) is 10.3 Å². The fourth-order valence-corrected chi connectivity index (χ4v) is 1.63. The first kappa shape index (κ1) is 14.9. The van der Waals surface area contributed by atoms with E-state index in [1.54, 1.807) is 6.07 Å². The minimum Gasteiger partial charge on any atom is -0.354 e. The minimum absolute atomic E-state index is 0.229. The van der Waals surface area contributed by atoms with Gasteiger partial charge in [0.25, 0.3) is 5.91 Å². The van der Waals surface area contributed by atoms with Crippen LogP contribution in [0.4, 0.5) is 0 Å². The fraction of sp³-hybridized carbons (Fsp3) is 0.500. The average molecular weight is 273 g/mol. The molecule has 0 aliphatic rings. The number of methoxy groups -OCH3 is 2. The van der Waals surface area contributed by atoms with Gasteiger partial charge >= 0.3 is 0 Å². The molecule has 18 heavy (non-hydrogen) atoms. The third-order valence-corrected chi connectivity index (χ3v) is 2.62. The lowest BCUT2D eigenvalue weighted by Crippen LogP contribution is -2.34. The van der Waals surface area contributed by atoms with Gasteiger partial charge in [-0.1, -0.05) is 18.5 Å². The summed E-state index contributed by atoms with van der Waals surface area (Å²) in [4.78, 5) is 16.0. The second-order valence-electron chi connectivity index (χ2n) is 3.63. The van der Waals surface area contributed by atoms with Crippen LogP contribution in [0, 0.1) is 0 Å². The van der Waals surface area contributed by atoms with Crippen molar-refractivity contribution in [1.82, 2.24) is 10.3 Å². The van der Waals surface area contributed by atoms with Crippen LogP contribution in [-0.2, 0) is 15.9 Å². The van der Waals surface area contributed by atoms with Crippen molar-refractivity contribution in [3.8, 4) is 0 Å². The zero-order chi connectivity index (χ0) is 13.5. The minimum atomic E-state index is -0.461. The second kappa shape index (κ2) is 7.31. The van der Waals surface area contributed by atoms with Gasteiger partial charge < -0.3 is 14.8 Å². The normalized spacial score (nSPS) is 10.7. The van der Waals surface area contributed by atoms with E-state index in [9.17, 15) is 4.79 Å². The van der Waals surface area contributed by atoms with Crippen LogP contribution in [0.15, 0.2) is 12.1 Å². The third kappa shape index (κ3) is 4.25. The lowest BCUT2D eigenvalue weighted by atomic mass is 10.2. The highest BCUT2D eigenvalue weighted by Crippen LogP contribution is 2.11. The smallest absolute Gasteiger partial charge is 0.251 e. The van der Waals surface area contributed by atoms with Crippen LogP contribution in [0.2, 0.25) is 5.15 Å². The van der Waals surface area contributed by atoms with Gasteiger partial charge in [0, 0.05) is 25.5 Å².